The lowest BCUT2D eigenvalue weighted by Crippen LogP contribution is -2.55. The highest BCUT2D eigenvalue weighted by atomic mass is 79.9. The lowest BCUT2D eigenvalue weighted by atomic mass is 10.1. The van der Waals surface area contributed by atoms with E-state index in [1.807, 2.05) is 13.8 Å². The van der Waals surface area contributed by atoms with Crippen LogP contribution in [-0.2, 0) is 11.8 Å². The molecule has 2 heterocycles. The number of carbonyl (C=O) groups is 1. The fraction of sp³-hybridized carbons (Fsp3) is 0.615. The summed E-state index contributed by atoms with van der Waals surface area (Å²) in [4.78, 5) is 24.7. The summed E-state index contributed by atoms with van der Waals surface area (Å²) in [5, 5.41) is 11.5. The second-order valence-electron chi connectivity index (χ2n) is 5.73. The monoisotopic (exact) mass is 359 g/mol. The van der Waals surface area contributed by atoms with Crippen LogP contribution in [0.4, 0.5) is 5.82 Å². The summed E-state index contributed by atoms with van der Waals surface area (Å²) in [6.07, 6.45) is -0.0899. The van der Waals surface area contributed by atoms with E-state index >= 15 is 0 Å². The normalized spacial score (nSPS) is 21.3. The summed E-state index contributed by atoms with van der Waals surface area (Å²) in [5.74, 6) is -0.309. The van der Waals surface area contributed by atoms with Gasteiger partial charge in [-0.25, -0.2) is 4.57 Å². The number of halogens is 1. The molecule has 0 bridgehead atoms. The first kappa shape index (κ1) is 16.0. The van der Waals surface area contributed by atoms with E-state index in [9.17, 15) is 14.9 Å². The molecule has 8 heteroatoms. The van der Waals surface area contributed by atoms with Crippen molar-refractivity contribution in [3.63, 3.8) is 0 Å². The van der Waals surface area contributed by atoms with Gasteiger partial charge in [0.15, 0.2) is 5.69 Å². The van der Waals surface area contributed by atoms with Gasteiger partial charge in [-0.15, -0.1) is 0 Å². The van der Waals surface area contributed by atoms with Crippen LogP contribution in [0, 0.1) is 10.1 Å². The number of aromatic nitrogens is 1. The molecular formula is C13H18BrN3O4. The molecule has 116 valence electrons. The smallest absolute Gasteiger partial charge is 0.323 e. The Bertz CT molecular complexity index is 570. The van der Waals surface area contributed by atoms with Crippen molar-refractivity contribution in [1.82, 2.24) is 9.47 Å². The first-order chi connectivity index (χ1) is 9.75. The van der Waals surface area contributed by atoms with E-state index in [4.69, 9.17) is 4.74 Å². The number of ether oxygens (including phenoxy) is 1. The summed E-state index contributed by atoms with van der Waals surface area (Å²) < 4.78 is 7.17. The number of hydrogen-bond donors (Lipinski definition) is 0. The minimum atomic E-state index is -0.499. The van der Waals surface area contributed by atoms with Crippen LogP contribution < -0.4 is 0 Å². The Balaban J connectivity index is 2.25. The molecule has 0 saturated carbocycles. The molecule has 7 nitrogen and oxygen atoms in total. The van der Waals surface area contributed by atoms with Crippen molar-refractivity contribution in [2.45, 2.75) is 25.6 Å². The van der Waals surface area contributed by atoms with Crippen LogP contribution >= 0.6 is 15.9 Å². The Kier molecular flexibility index (Phi) is 4.38. The Labute approximate surface area is 131 Å². The Morgan fingerprint density at radius 2 is 2.24 bits per heavy atom. The van der Waals surface area contributed by atoms with Gasteiger partial charge in [0.2, 0.25) is 0 Å². The van der Waals surface area contributed by atoms with Gasteiger partial charge in [-0.2, -0.15) is 0 Å². The maximum Gasteiger partial charge on any atom is 0.323 e. The minimum Gasteiger partial charge on any atom is -0.368 e. The molecule has 1 unspecified atom stereocenters. The van der Waals surface area contributed by atoms with Gasteiger partial charge < -0.3 is 19.8 Å². The van der Waals surface area contributed by atoms with Crippen molar-refractivity contribution >= 4 is 27.7 Å². The Morgan fingerprint density at radius 1 is 1.57 bits per heavy atom. The van der Waals surface area contributed by atoms with Crippen LogP contribution in [0.15, 0.2) is 12.1 Å². The van der Waals surface area contributed by atoms with E-state index in [1.165, 1.54) is 23.7 Å². The second-order valence-corrected chi connectivity index (χ2v) is 6.38. The van der Waals surface area contributed by atoms with Crippen molar-refractivity contribution in [1.29, 1.82) is 0 Å². The number of amides is 1. The van der Waals surface area contributed by atoms with Crippen LogP contribution in [0.5, 0.6) is 0 Å². The van der Waals surface area contributed by atoms with E-state index in [-0.39, 0.29) is 17.8 Å². The molecule has 1 aromatic heterocycles. The van der Waals surface area contributed by atoms with Gasteiger partial charge in [-0.3, -0.25) is 4.79 Å². The van der Waals surface area contributed by atoms with Gasteiger partial charge >= 0.3 is 5.82 Å². The van der Waals surface area contributed by atoms with Gasteiger partial charge in [-0.1, -0.05) is 15.9 Å². The predicted molar refractivity (Wildman–Crippen MR) is 80.7 cm³/mol. The van der Waals surface area contributed by atoms with Crippen LogP contribution in [-0.4, -0.2) is 50.4 Å². The summed E-state index contributed by atoms with van der Waals surface area (Å²) >= 11 is 3.38. The lowest BCUT2D eigenvalue weighted by Gasteiger charge is -2.42. The highest BCUT2D eigenvalue weighted by Crippen LogP contribution is 2.24. The second kappa shape index (κ2) is 5.76. The molecule has 0 aliphatic carbocycles. The summed E-state index contributed by atoms with van der Waals surface area (Å²) in [5.41, 5.74) is -0.128. The largest absolute Gasteiger partial charge is 0.368 e. The standard InChI is InChI=1S/C13H18BrN3O4/c1-13(2)8-16(7-9(6-14)21-13)12(18)10-4-5-11(15(10)3)17(19)20/h4-5,9H,6-8H2,1-3H3. The van der Waals surface area contributed by atoms with Crippen molar-refractivity contribution in [3.8, 4) is 0 Å². The van der Waals surface area contributed by atoms with Crippen molar-refractivity contribution < 1.29 is 14.5 Å². The molecule has 1 saturated heterocycles. The first-order valence-electron chi connectivity index (χ1n) is 6.58. The van der Waals surface area contributed by atoms with E-state index in [2.05, 4.69) is 15.9 Å². The summed E-state index contributed by atoms with van der Waals surface area (Å²) in [7, 11) is 1.53. The molecule has 0 N–H and O–H groups in total. The molecule has 1 aliphatic rings. The molecule has 2 rings (SSSR count). The lowest BCUT2D eigenvalue weighted by molar-refractivity contribution is -0.391. The number of nitro groups is 1. The predicted octanol–water partition coefficient (Wildman–Crippen LogP) is 1.95. The van der Waals surface area contributed by atoms with Gasteiger partial charge in [-0.05, 0) is 24.8 Å². The van der Waals surface area contributed by atoms with Crippen LogP contribution in [0.2, 0.25) is 0 Å². The first-order valence-corrected chi connectivity index (χ1v) is 7.70. The third-order valence-corrected chi connectivity index (χ3v) is 4.16. The fourth-order valence-corrected chi connectivity index (χ4v) is 2.93. The number of rotatable bonds is 3. The van der Waals surface area contributed by atoms with Crippen LogP contribution in [0.3, 0.4) is 0 Å². The zero-order valence-electron chi connectivity index (χ0n) is 12.2. The molecule has 0 aromatic carbocycles. The van der Waals surface area contributed by atoms with E-state index < -0.39 is 10.5 Å². The highest BCUT2D eigenvalue weighted by molar-refractivity contribution is 9.09. The van der Waals surface area contributed by atoms with Crippen molar-refractivity contribution in [3.05, 3.63) is 27.9 Å². The molecule has 1 amide bonds. The van der Waals surface area contributed by atoms with E-state index in [0.29, 0.717) is 24.1 Å². The fourth-order valence-electron chi connectivity index (χ4n) is 2.59. The zero-order valence-corrected chi connectivity index (χ0v) is 13.8. The average molecular weight is 360 g/mol. The van der Waals surface area contributed by atoms with Crippen LogP contribution in [0.1, 0.15) is 24.3 Å². The van der Waals surface area contributed by atoms with Gasteiger partial charge in [0.25, 0.3) is 5.91 Å². The van der Waals surface area contributed by atoms with Gasteiger partial charge in [0.1, 0.15) is 0 Å². The summed E-state index contributed by atoms with van der Waals surface area (Å²) in [6, 6.07) is 2.84. The molecule has 1 atom stereocenters. The maximum absolute atomic E-state index is 12.6. The molecule has 1 fully saturated rings. The number of morpholine rings is 1. The number of hydrogen-bond acceptors (Lipinski definition) is 4. The summed E-state index contributed by atoms with van der Waals surface area (Å²) in [6.45, 7) is 4.77. The van der Waals surface area contributed by atoms with Crippen LogP contribution in [0.25, 0.3) is 0 Å². The SMILES string of the molecule is Cn1c(C(=O)N2CC(CBr)OC(C)(C)C2)ccc1[N+](=O)[O-]. The molecule has 1 aliphatic heterocycles. The topological polar surface area (TPSA) is 77.6 Å². The minimum absolute atomic E-state index is 0.0899. The van der Waals surface area contributed by atoms with E-state index in [1.54, 1.807) is 4.90 Å². The average Bonchev–Trinajstić information content (AvgIpc) is 2.77. The molecular weight excluding hydrogens is 342 g/mol. The molecule has 0 radical (unpaired) electrons. The molecule has 1 aromatic rings. The quantitative estimate of drug-likeness (QED) is 0.469. The zero-order chi connectivity index (χ0) is 15.8. The highest BCUT2D eigenvalue weighted by Gasteiger charge is 2.37. The van der Waals surface area contributed by atoms with E-state index in [0.717, 1.165) is 0 Å². The van der Waals surface area contributed by atoms with Gasteiger partial charge in [0.05, 0.1) is 18.8 Å². The number of nitrogens with zero attached hydrogens (tertiary/aromatic N) is 3. The molecule has 0 spiro atoms. The van der Waals surface area contributed by atoms with Gasteiger partial charge in [0, 0.05) is 24.5 Å². The Morgan fingerprint density at radius 3 is 2.76 bits per heavy atom. The third kappa shape index (κ3) is 3.26. The molecule has 21 heavy (non-hydrogen) atoms. The van der Waals surface area contributed by atoms with Crippen molar-refractivity contribution in [2.24, 2.45) is 7.05 Å². The maximum atomic E-state index is 12.6. The number of alkyl halides is 1. The van der Waals surface area contributed by atoms with Crippen molar-refractivity contribution in [2.75, 3.05) is 18.4 Å². The third-order valence-electron chi connectivity index (χ3n) is 3.44. The Hall–Kier alpha value is -1.41. The number of carbonyl (C=O) groups excluding carboxylic acids is 1.